The van der Waals surface area contributed by atoms with Gasteiger partial charge in [0.15, 0.2) is 0 Å². The van der Waals surface area contributed by atoms with E-state index in [0.29, 0.717) is 16.7 Å². The summed E-state index contributed by atoms with van der Waals surface area (Å²) in [4.78, 5) is 32.5. The average molecular weight is 321 g/mol. The van der Waals surface area contributed by atoms with Crippen LogP contribution in [-0.4, -0.2) is 39.8 Å². The quantitative estimate of drug-likeness (QED) is 0.941. The lowest BCUT2D eigenvalue weighted by Crippen LogP contribution is -2.46. The van der Waals surface area contributed by atoms with Crippen molar-refractivity contribution in [1.82, 2.24) is 14.9 Å². The first-order valence-corrected chi connectivity index (χ1v) is 7.55. The number of carbonyl (C=O) groups excluding carboxylic acids is 1. The van der Waals surface area contributed by atoms with Crippen LogP contribution in [0.4, 0.5) is 8.78 Å². The van der Waals surface area contributed by atoms with Crippen LogP contribution in [0.2, 0.25) is 0 Å². The first-order valence-electron chi connectivity index (χ1n) is 7.55. The van der Waals surface area contributed by atoms with E-state index in [9.17, 15) is 18.4 Å². The third-order valence-corrected chi connectivity index (χ3v) is 4.18. The summed E-state index contributed by atoms with van der Waals surface area (Å²) in [6.45, 7) is 1.08. The molecule has 1 heterocycles. The Morgan fingerprint density at radius 3 is 2.78 bits per heavy atom. The molecule has 1 aromatic carbocycles. The number of benzene rings is 1. The van der Waals surface area contributed by atoms with Crippen LogP contribution >= 0.6 is 0 Å². The van der Waals surface area contributed by atoms with Crippen LogP contribution in [0.3, 0.4) is 0 Å². The molecular formula is C16H17F2N3O2. The maximum absolute atomic E-state index is 12.8. The second kappa shape index (κ2) is 6.06. The van der Waals surface area contributed by atoms with Crippen LogP contribution < -0.4 is 5.56 Å². The predicted octanol–water partition coefficient (Wildman–Crippen LogP) is 2.49. The van der Waals surface area contributed by atoms with Gasteiger partial charge < -0.3 is 9.88 Å². The molecule has 7 heteroatoms. The number of hydrogen-bond donors (Lipinski definition) is 1. The van der Waals surface area contributed by atoms with Crippen LogP contribution in [0.5, 0.6) is 0 Å². The molecule has 1 amide bonds. The SMILES string of the molecule is Cc1nc2cc(C(=O)N(CC(F)F)C3CCC3)ccc2c(=O)[nH]1. The number of aryl methyl sites for hydroxylation is 1. The van der Waals surface area contributed by atoms with E-state index >= 15 is 0 Å². The fourth-order valence-corrected chi connectivity index (χ4v) is 2.80. The first kappa shape index (κ1) is 15.6. The Hall–Kier alpha value is -2.31. The van der Waals surface area contributed by atoms with Crippen LogP contribution in [0.1, 0.15) is 35.4 Å². The summed E-state index contributed by atoms with van der Waals surface area (Å²) in [5.74, 6) is 0.00663. The van der Waals surface area contributed by atoms with E-state index in [-0.39, 0.29) is 17.2 Å². The van der Waals surface area contributed by atoms with Gasteiger partial charge in [-0.25, -0.2) is 13.8 Å². The van der Waals surface area contributed by atoms with E-state index in [4.69, 9.17) is 0 Å². The smallest absolute Gasteiger partial charge is 0.258 e. The van der Waals surface area contributed by atoms with Crippen LogP contribution in [0, 0.1) is 6.92 Å². The largest absolute Gasteiger partial charge is 0.330 e. The maximum Gasteiger partial charge on any atom is 0.258 e. The second-order valence-corrected chi connectivity index (χ2v) is 5.82. The molecule has 3 rings (SSSR count). The summed E-state index contributed by atoms with van der Waals surface area (Å²) in [5, 5.41) is 0.371. The van der Waals surface area contributed by atoms with E-state index < -0.39 is 18.9 Å². The van der Waals surface area contributed by atoms with Gasteiger partial charge in [-0.15, -0.1) is 0 Å². The Labute approximate surface area is 131 Å². The van der Waals surface area contributed by atoms with Gasteiger partial charge in [-0.2, -0.15) is 0 Å². The number of nitrogens with one attached hydrogen (secondary N) is 1. The molecule has 0 saturated heterocycles. The molecule has 1 N–H and O–H groups in total. The summed E-state index contributed by atoms with van der Waals surface area (Å²) in [6.07, 6.45) is -0.110. The first-order chi connectivity index (χ1) is 11.0. The zero-order valence-electron chi connectivity index (χ0n) is 12.7. The highest BCUT2D eigenvalue weighted by molar-refractivity contribution is 5.97. The number of halogens is 2. The summed E-state index contributed by atoms with van der Waals surface area (Å²) in [7, 11) is 0. The minimum absolute atomic E-state index is 0.124. The van der Waals surface area contributed by atoms with Gasteiger partial charge in [0.05, 0.1) is 17.4 Å². The van der Waals surface area contributed by atoms with Gasteiger partial charge in [-0.1, -0.05) is 0 Å². The zero-order valence-corrected chi connectivity index (χ0v) is 12.7. The summed E-state index contributed by atoms with van der Waals surface area (Å²) < 4.78 is 25.6. The lowest BCUT2D eigenvalue weighted by atomic mass is 9.91. The van der Waals surface area contributed by atoms with Gasteiger partial charge in [0.1, 0.15) is 5.82 Å². The van der Waals surface area contributed by atoms with Crippen LogP contribution in [0.15, 0.2) is 23.0 Å². The molecule has 0 atom stereocenters. The number of carbonyl (C=O) groups is 1. The highest BCUT2D eigenvalue weighted by Crippen LogP contribution is 2.27. The van der Waals surface area contributed by atoms with E-state index in [1.165, 1.54) is 23.1 Å². The molecule has 1 aliphatic carbocycles. The van der Waals surface area contributed by atoms with E-state index in [2.05, 4.69) is 9.97 Å². The highest BCUT2D eigenvalue weighted by Gasteiger charge is 2.31. The second-order valence-electron chi connectivity index (χ2n) is 5.82. The molecule has 5 nitrogen and oxygen atoms in total. The molecule has 1 aliphatic rings. The highest BCUT2D eigenvalue weighted by atomic mass is 19.3. The normalized spacial score (nSPS) is 15.0. The third kappa shape index (κ3) is 3.09. The van der Waals surface area contributed by atoms with Crippen molar-refractivity contribution < 1.29 is 13.6 Å². The molecule has 0 bridgehead atoms. The number of fused-ring (bicyclic) bond motifs is 1. The molecule has 1 saturated carbocycles. The predicted molar refractivity (Wildman–Crippen MR) is 81.8 cm³/mol. The Morgan fingerprint density at radius 2 is 2.17 bits per heavy atom. The van der Waals surface area contributed by atoms with Gasteiger partial charge in [-0.3, -0.25) is 9.59 Å². The molecule has 0 spiro atoms. The molecule has 0 radical (unpaired) electrons. The monoisotopic (exact) mass is 321 g/mol. The fraction of sp³-hybridized carbons (Fsp3) is 0.438. The molecule has 0 aliphatic heterocycles. The van der Waals surface area contributed by atoms with E-state index in [1.807, 2.05) is 0 Å². The minimum Gasteiger partial charge on any atom is -0.330 e. The van der Waals surface area contributed by atoms with Gasteiger partial charge >= 0.3 is 0 Å². The zero-order chi connectivity index (χ0) is 16.6. The number of rotatable bonds is 4. The van der Waals surface area contributed by atoms with Crippen molar-refractivity contribution in [1.29, 1.82) is 0 Å². The van der Waals surface area contributed by atoms with Gasteiger partial charge in [0, 0.05) is 11.6 Å². The number of nitrogens with zero attached hydrogens (tertiary/aromatic N) is 2. The summed E-state index contributed by atoms with van der Waals surface area (Å²) >= 11 is 0. The topological polar surface area (TPSA) is 66.1 Å². The van der Waals surface area contributed by atoms with E-state index in [1.54, 1.807) is 6.92 Å². The molecule has 23 heavy (non-hydrogen) atoms. The summed E-state index contributed by atoms with van der Waals surface area (Å²) in [5.41, 5.74) is 0.389. The molecule has 0 unspecified atom stereocenters. The van der Waals surface area contributed by atoms with Crippen molar-refractivity contribution in [2.24, 2.45) is 0 Å². The van der Waals surface area contributed by atoms with Gasteiger partial charge in [0.25, 0.3) is 17.9 Å². The molecular weight excluding hydrogens is 304 g/mol. The van der Waals surface area contributed by atoms with Crippen molar-refractivity contribution in [3.05, 3.63) is 39.9 Å². The average Bonchev–Trinajstić information content (AvgIpc) is 2.42. The molecule has 122 valence electrons. The Kier molecular flexibility index (Phi) is 4.11. The summed E-state index contributed by atoms with van der Waals surface area (Å²) in [6, 6.07) is 4.38. The van der Waals surface area contributed by atoms with Crippen molar-refractivity contribution in [2.75, 3.05) is 6.54 Å². The van der Waals surface area contributed by atoms with Crippen LogP contribution in [0.25, 0.3) is 10.9 Å². The molecule has 1 fully saturated rings. The maximum atomic E-state index is 12.8. The third-order valence-electron chi connectivity index (χ3n) is 4.18. The number of aromatic amines is 1. The van der Waals surface area contributed by atoms with Crippen molar-refractivity contribution >= 4 is 16.8 Å². The number of alkyl halides is 2. The van der Waals surface area contributed by atoms with Gasteiger partial charge in [-0.05, 0) is 44.4 Å². The van der Waals surface area contributed by atoms with Crippen LogP contribution in [-0.2, 0) is 0 Å². The number of H-pyrrole nitrogens is 1. The Morgan fingerprint density at radius 1 is 1.43 bits per heavy atom. The number of aromatic nitrogens is 2. The van der Waals surface area contributed by atoms with Crippen molar-refractivity contribution in [3.63, 3.8) is 0 Å². The minimum atomic E-state index is -2.57. The lowest BCUT2D eigenvalue weighted by molar-refractivity contribution is 0.0308. The van der Waals surface area contributed by atoms with E-state index in [0.717, 1.165) is 19.3 Å². The molecule has 1 aromatic heterocycles. The van der Waals surface area contributed by atoms with Crippen molar-refractivity contribution in [2.45, 2.75) is 38.7 Å². The Bertz CT molecular complexity index is 800. The van der Waals surface area contributed by atoms with Gasteiger partial charge in [0.2, 0.25) is 0 Å². The molecule has 2 aromatic rings. The lowest BCUT2D eigenvalue weighted by Gasteiger charge is -2.37. The standard InChI is InChI=1S/C16H17F2N3O2/c1-9-19-13-7-10(5-6-12(13)15(22)20-9)16(23)21(8-14(17)18)11-3-2-4-11/h5-7,11,14H,2-4,8H2,1H3,(H,19,20,22). The number of amides is 1. The Balaban J connectivity index is 1.97. The number of hydrogen-bond acceptors (Lipinski definition) is 3. The fourth-order valence-electron chi connectivity index (χ4n) is 2.80. The van der Waals surface area contributed by atoms with Crippen molar-refractivity contribution in [3.8, 4) is 0 Å².